The molecule has 0 saturated carbocycles. The fourth-order valence-electron chi connectivity index (χ4n) is 3.06. The molecule has 0 spiro atoms. The lowest BCUT2D eigenvalue weighted by Crippen LogP contribution is -2.47. The molecule has 1 aliphatic rings. The number of nitrogens with zero attached hydrogens (tertiary/aromatic N) is 4. The zero-order chi connectivity index (χ0) is 17.3. The largest absolute Gasteiger partial charge is 0.283 e. The highest BCUT2D eigenvalue weighted by Crippen LogP contribution is 2.21. The van der Waals surface area contributed by atoms with Gasteiger partial charge in [0, 0.05) is 36.7 Å². The highest BCUT2D eigenvalue weighted by molar-refractivity contribution is 7.88. The van der Waals surface area contributed by atoms with Crippen molar-refractivity contribution in [3.63, 3.8) is 0 Å². The number of non-ortho nitro benzene ring substituents is 1. The summed E-state index contributed by atoms with van der Waals surface area (Å²) in [6.07, 6.45) is 4.52. The van der Waals surface area contributed by atoms with Gasteiger partial charge in [0.05, 0.1) is 29.6 Å². The quantitative estimate of drug-likeness (QED) is 0.632. The first-order chi connectivity index (χ1) is 11.3. The van der Waals surface area contributed by atoms with Gasteiger partial charge in [0.2, 0.25) is 10.0 Å². The zero-order valence-corrected chi connectivity index (χ0v) is 14.1. The second-order valence-corrected chi connectivity index (χ2v) is 7.87. The average Bonchev–Trinajstić information content (AvgIpc) is 2.88. The van der Waals surface area contributed by atoms with E-state index in [2.05, 4.69) is 14.7 Å². The van der Waals surface area contributed by atoms with Gasteiger partial charge in [0.1, 0.15) is 0 Å². The van der Waals surface area contributed by atoms with Crippen LogP contribution in [0.5, 0.6) is 0 Å². The monoisotopic (exact) mass is 353 g/mol. The summed E-state index contributed by atoms with van der Waals surface area (Å²) in [6.45, 7) is 1.88. The molecule has 1 saturated heterocycles. The third-order valence-corrected chi connectivity index (χ3v) is 4.82. The van der Waals surface area contributed by atoms with Crippen LogP contribution in [0.1, 0.15) is 12.8 Å². The molecule has 1 aromatic heterocycles. The number of benzene rings is 1. The first-order valence-electron chi connectivity index (χ1n) is 7.61. The van der Waals surface area contributed by atoms with E-state index in [1.54, 1.807) is 16.9 Å². The van der Waals surface area contributed by atoms with Crippen molar-refractivity contribution in [3.8, 4) is 0 Å². The second kappa shape index (κ2) is 6.46. The van der Waals surface area contributed by atoms with E-state index in [9.17, 15) is 18.5 Å². The van der Waals surface area contributed by atoms with Crippen LogP contribution in [0.2, 0.25) is 0 Å². The topological polar surface area (TPSA) is 110 Å². The van der Waals surface area contributed by atoms with Gasteiger partial charge in [-0.25, -0.2) is 13.1 Å². The van der Waals surface area contributed by atoms with Crippen LogP contribution >= 0.6 is 0 Å². The minimum Gasteiger partial charge on any atom is -0.283 e. The number of sulfonamides is 1. The van der Waals surface area contributed by atoms with Crippen LogP contribution in [0.4, 0.5) is 5.69 Å². The van der Waals surface area contributed by atoms with E-state index in [0.29, 0.717) is 18.7 Å². The van der Waals surface area contributed by atoms with Gasteiger partial charge < -0.3 is 0 Å². The van der Waals surface area contributed by atoms with Crippen LogP contribution in [-0.4, -0.2) is 53.4 Å². The van der Waals surface area contributed by atoms with E-state index >= 15 is 0 Å². The van der Waals surface area contributed by atoms with E-state index in [1.165, 1.54) is 12.1 Å². The van der Waals surface area contributed by atoms with Gasteiger partial charge in [-0.05, 0) is 18.9 Å². The molecule has 0 aliphatic carbocycles. The van der Waals surface area contributed by atoms with Crippen molar-refractivity contribution in [2.24, 2.45) is 0 Å². The van der Waals surface area contributed by atoms with Crippen LogP contribution in [0, 0.1) is 10.1 Å². The smallest absolute Gasteiger partial charge is 0.271 e. The van der Waals surface area contributed by atoms with Gasteiger partial charge in [0.25, 0.3) is 5.69 Å². The molecule has 10 heteroatoms. The summed E-state index contributed by atoms with van der Waals surface area (Å²) in [5.74, 6) is 0. The van der Waals surface area contributed by atoms with Crippen molar-refractivity contribution in [2.45, 2.75) is 25.6 Å². The SMILES string of the molecule is CS(=O)(=O)NC1CCCN(Cn2ncc3ccc([N+](=O)[O-])cc32)C1. The summed E-state index contributed by atoms with van der Waals surface area (Å²) in [5, 5.41) is 16.1. The second-order valence-electron chi connectivity index (χ2n) is 6.09. The van der Waals surface area contributed by atoms with E-state index in [4.69, 9.17) is 0 Å². The van der Waals surface area contributed by atoms with Crippen molar-refractivity contribution in [2.75, 3.05) is 19.3 Å². The van der Waals surface area contributed by atoms with Crippen LogP contribution in [0.15, 0.2) is 24.4 Å². The van der Waals surface area contributed by atoms with E-state index < -0.39 is 14.9 Å². The van der Waals surface area contributed by atoms with Crippen molar-refractivity contribution < 1.29 is 13.3 Å². The van der Waals surface area contributed by atoms with E-state index in [0.717, 1.165) is 31.0 Å². The van der Waals surface area contributed by atoms with Crippen LogP contribution in [0.3, 0.4) is 0 Å². The Morgan fingerprint density at radius 1 is 1.46 bits per heavy atom. The maximum absolute atomic E-state index is 11.4. The summed E-state index contributed by atoms with van der Waals surface area (Å²) >= 11 is 0. The predicted molar refractivity (Wildman–Crippen MR) is 89.0 cm³/mol. The van der Waals surface area contributed by atoms with Gasteiger partial charge in [-0.15, -0.1) is 0 Å². The molecule has 24 heavy (non-hydrogen) atoms. The lowest BCUT2D eigenvalue weighted by atomic mass is 10.1. The van der Waals surface area contributed by atoms with Gasteiger partial charge in [-0.1, -0.05) is 0 Å². The van der Waals surface area contributed by atoms with Gasteiger partial charge in [-0.3, -0.25) is 19.7 Å². The maximum atomic E-state index is 11.4. The number of nitro benzene ring substituents is 1. The lowest BCUT2D eigenvalue weighted by Gasteiger charge is -2.32. The van der Waals surface area contributed by atoms with Gasteiger partial charge in [0.15, 0.2) is 0 Å². The molecule has 0 amide bonds. The lowest BCUT2D eigenvalue weighted by molar-refractivity contribution is -0.384. The number of likely N-dealkylation sites (tertiary alicyclic amines) is 1. The minimum atomic E-state index is -3.23. The number of aromatic nitrogens is 2. The molecule has 1 aliphatic heterocycles. The molecule has 2 aromatic rings. The van der Waals surface area contributed by atoms with Gasteiger partial charge in [-0.2, -0.15) is 5.10 Å². The molecule has 1 fully saturated rings. The summed E-state index contributed by atoms with van der Waals surface area (Å²) < 4.78 is 27.1. The number of hydrogen-bond acceptors (Lipinski definition) is 6. The number of hydrogen-bond donors (Lipinski definition) is 1. The number of piperidine rings is 1. The molecule has 0 radical (unpaired) electrons. The van der Waals surface area contributed by atoms with Crippen molar-refractivity contribution in [3.05, 3.63) is 34.5 Å². The molecule has 1 N–H and O–H groups in total. The van der Waals surface area contributed by atoms with E-state index in [-0.39, 0.29) is 11.7 Å². The first kappa shape index (κ1) is 16.8. The summed E-state index contributed by atoms with van der Waals surface area (Å²) in [7, 11) is -3.23. The van der Waals surface area contributed by atoms with Crippen molar-refractivity contribution >= 4 is 26.6 Å². The fourth-order valence-corrected chi connectivity index (χ4v) is 3.86. The maximum Gasteiger partial charge on any atom is 0.271 e. The minimum absolute atomic E-state index is 0.0273. The molecule has 3 rings (SSSR count). The molecule has 1 aromatic carbocycles. The molecule has 130 valence electrons. The average molecular weight is 353 g/mol. The molecular formula is C14H19N5O4S. The Balaban J connectivity index is 1.77. The zero-order valence-electron chi connectivity index (χ0n) is 13.3. The summed E-state index contributed by atoms with van der Waals surface area (Å²) in [6, 6.07) is 4.53. The van der Waals surface area contributed by atoms with Crippen molar-refractivity contribution in [1.29, 1.82) is 0 Å². The Labute approximate surface area is 139 Å². The highest BCUT2D eigenvalue weighted by atomic mass is 32.2. The number of fused-ring (bicyclic) bond motifs is 1. The molecule has 1 atom stereocenters. The van der Waals surface area contributed by atoms with E-state index in [1.807, 2.05) is 0 Å². The Bertz CT molecular complexity index is 863. The standard InChI is InChI=1S/C14H19N5O4S/c1-24(22,23)16-12-3-2-6-17(9-12)10-18-14-7-13(19(20)21)5-4-11(14)8-15-18/h4-5,7-8,12,16H,2-3,6,9-10H2,1H3. The Morgan fingerprint density at radius 3 is 2.96 bits per heavy atom. The molecule has 0 bridgehead atoms. The predicted octanol–water partition coefficient (Wildman–Crippen LogP) is 0.916. The molecule has 9 nitrogen and oxygen atoms in total. The third-order valence-electron chi connectivity index (χ3n) is 4.06. The highest BCUT2D eigenvalue weighted by Gasteiger charge is 2.23. The summed E-state index contributed by atoms with van der Waals surface area (Å²) in [5.41, 5.74) is 0.724. The Kier molecular flexibility index (Phi) is 4.52. The van der Waals surface area contributed by atoms with Crippen LogP contribution in [0.25, 0.3) is 10.9 Å². The first-order valence-corrected chi connectivity index (χ1v) is 9.50. The number of nitrogens with one attached hydrogen (secondary N) is 1. The fraction of sp³-hybridized carbons (Fsp3) is 0.500. The normalized spacial score (nSPS) is 19.6. The molecule has 1 unspecified atom stereocenters. The third kappa shape index (κ3) is 3.89. The Hall–Kier alpha value is -2.04. The number of rotatable bonds is 5. The summed E-state index contributed by atoms with van der Waals surface area (Å²) in [4.78, 5) is 12.6. The molecular weight excluding hydrogens is 334 g/mol. The van der Waals surface area contributed by atoms with Crippen molar-refractivity contribution in [1.82, 2.24) is 19.4 Å². The van der Waals surface area contributed by atoms with Crippen LogP contribution in [-0.2, 0) is 16.7 Å². The van der Waals surface area contributed by atoms with Crippen LogP contribution < -0.4 is 4.72 Å². The Morgan fingerprint density at radius 2 is 2.25 bits per heavy atom. The van der Waals surface area contributed by atoms with Gasteiger partial charge >= 0.3 is 0 Å². The number of nitro groups is 1. The molecule has 2 heterocycles.